The number of hydrogen-bond acceptors (Lipinski definition) is 1. The van der Waals surface area contributed by atoms with Crippen molar-refractivity contribution in [2.75, 3.05) is 4.90 Å². The Morgan fingerprint density at radius 1 is 0.273 bits per heavy atom. The fourth-order valence-corrected chi connectivity index (χ4v) is 12.5. The summed E-state index contributed by atoms with van der Waals surface area (Å²) in [6.07, 6.45) is 0. The molecule has 312 valence electrons. The first-order valence-corrected chi connectivity index (χ1v) is 23.3. The van der Waals surface area contributed by atoms with Crippen LogP contribution in [0.5, 0.6) is 0 Å². The van der Waals surface area contributed by atoms with Gasteiger partial charge in [-0.1, -0.05) is 232 Å². The van der Waals surface area contributed by atoms with Crippen LogP contribution >= 0.6 is 0 Å². The van der Waals surface area contributed by atoms with E-state index < -0.39 is 10.8 Å². The van der Waals surface area contributed by atoms with E-state index in [0.29, 0.717) is 0 Å². The van der Waals surface area contributed by atoms with Crippen LogP contribution in [-0.4, -0.2) is 0 Å². The molecule has 0 saturated carbocycles. The summed E-state index contributed by atoms with van der Waals surface area (Å²) in [5.74, 6) is 0. The van der Waals surface area contributed by atoms with Gasteiger partial charge in [-0.05, 0) is 114 Å². The van der Waals surface area contributed by atoms with Crippen molar-refractivity contribution in [3.05, 3.63) is 304 Å². The Labute approximate surface area is 388 Å². The molecule has 0 amide bonds. The second kappa shape index (κ2) is 14.5. The molecule has 0 N–H and O–H groups in total. The van der Waals surface area contributed by atoms with Gasteiger partial charge in [0, 0.05) is 22.4 Å². The molecule has 1 heteroatoms. The van der Waals surface area contributed by atoms with Gasteiger partial charge in [0.25, 0.3) is 0 Å². The normalized spacial score (nSPS) is 14.9. The number of para-hydroxylation sites is 1. The Morgan fingerprint density at radius 2 is 0.682 bits per heavy atom. The van der Waals surface area contributed by atoms with Gasteiger partial charge in [-0.3, -0.25) is 0 Å². The Hall–Kier alpha value is -8.00. The molecule has 3 aliphatic rings. The van der Waals surface area contributed by atoms with Crippen LogP contribution in [0.25, 0.3) is 33.4 Å². The van der Waals surface area contributed by atoms with E-state index in [1.165, 1.54) is 89.0 Å². The van der Waals surface area contributed by atoms with Crippen molar-refractivity contribution in [2.45, 2.75) is 30.1 Å². The van der Waals surface area contributed by atoms with E-state index >= 15 is 0 Å². The maximum absolute atomic E-state index is 2.51. The van der Waals surface area contributed by atoms with E-state index in [1.54, 1.807) is 0 Å². The smallest absolute Gasteiger partial charge is 0.0720 e. The van der Waals surface area contributed by atoms with Gasteiger partial charge in [0.15, 0.2) is 0 Å². The predicted octanol–water partition coefficient (Wildman–Crippen LogP) is 16.2. The highest BCUT2D eigenvalue weighted by Crippen LogP contribution is 2.65. The van der Waals surface area contributed by atoms with Crippen molar-refractivity contribution in [2.24, 2.45) is 0 Å². The van der Waals surface area contributed by atoms with E-state index in [-0.39, 0.29) is 5.41 Å². The number of benzene rings is 10. The third-order valence-electron chi connectivity index (χ3n) is 15.2. The molecule has 0 unspecified atom stereocenters. The van der Waals surface area contributed by atoms with Gasteiger partial charge < -0.3 is 4.90 Å². The standard InChI is InChI=1S/C65H47N/c1-63(2)54-31-15-12-29-50(54)52-40-38-48(43-61(52)63)66(62-37-21-14-28-49(62)44-22-6-3-7-23-44)47-39-41-56-53(42-47)51-30-13-16-32-55(51)65(56)59-35-19-17-33-57(59)64(45-24-8-4-9-25-45,46-26-10-5-11-27-46)58-34-18-20-36-60(58)65/h3-43H,1-2H3. The lowest BCUT2D eigenvalue weighted by Gasteiger charge is -2.50. The molecule has 0 aliphatic heterocycles. The molecule has 10 aromatic carbocycles. The fraction of sp³-hybridized carbons (Fsp3) is 0.0769. The largest absolute Gasteiger partial charge is 0.310 e. The molecule has 0 bridgehead atoms. The minimum atomic E-state index is -0.569. The fourth-order valence-electron chi connectivity index (χ4n) is 12.5. The monoisotopic (exact) mass is 841 g/mol. The van der Waals surface area contributed by atoms with E-state index in [4.69, 9.17) is 0 Å². The van der Waals surface area contributed by atoms with Crippen LogP contribution in [-0.2, 0) is 16.2 Å². The number of anilines is 3. The van der Waals surface area contributed by atoms with E-state index in [9.17, 15) is 0 Å². The zero-order chi connectivity index (χ0) is 44.0. The second-order valence-electron chi connectivity index (χ2n) is 18.7. The quantitative estimate of drug-likeness (QED) is 0.161. The lowest BCUT2D eigenvalue weighted by molar-refractivity contribution is 0.623. The predicted molar refractivity (Wildman–Crippen MR) is 273 cm³/mol. The minimum absolute atomic E-state index is 0.147. The molecule has 0 saturated heterocycles. The van der Waals surface area contributed by atoms with E-state index in [0.717, 1.165) is 17.1 Å². The first kappa shape index (κ1) is 38.5. The summed E-state index contributed by atoms with van der Waals surface area (Å²) < 4.78 is 0. The SMILES string of the molecule is CC1(C)c2ccccc2-c2ccc(N(c3ccc4c(c3)-c3ccccc3C43c4ccccc4C(c4ccccc4)(c4ccccc4)c4ccccc43)c3ccccc3-c3ccccc3)cc21. The average molecular weight is 842 g/mol. The summed E-state index contributed by atoms with van der Waals surface area (Å²) in [5, 5.41) is 0. The molecule has 0 fully saturated rings. The van der Waals surface area contributed by atoms with Gasteiger partial charge in [-0.25, -0.2) is 0 Å². The molecule has 0 heterocycles. The van der Waals surface area contributed by atoms with Crippen molar-refractivity contribution < 1.29 is 0 Å². The summed E-state index contributed by atoms with van der Waals surface area (Å²) in [7, 11) is 0. The number of fused-ring (bicyclic) bond motifs is 12. The lowest BCUT2D eigenvalue weighted by Crippen LogP contribution is -2.44. The van der Waals surface area contributed by atoms with Crippen molar-refractivity contribution in [3.8, 4) is 33.4 Å². The number of hydrogen-bond donors (Lipinski definition) is 0. The minimum Gasteiger partial charge on any atom is -0.310 e. The molecule has 10 aromatic rings. The average Bonchev–Trinajstić information content (AvgIpc) is 3.80. The molecular weight excluding hydrogens is 795 g/mol. The summed E-state index contributed by atoms with van der Waals surface area (Å²) >= 11 is 0. The van der Waals surface area contributed by atoms with Gasteiger partial charge in [-0.15, -0.1) is 0 Å². The van der Waals surface area contributed by atoms with Crippen molar-refractivity contribution in [3.63, 3.8) is 0 Å². The maximum Gasteiger partial charge on any atom is 0.0720 e. The molecular formula is C65H47N. The highest BCUT2D eigenvalue weighted by molar-refractivity contribution is 5.95. The Balaban J connectivity index is 1.08. The molecule has 3 aliphatic carbocycles. The summed E-state index contributed by atoms with van der Waals surface area (Å²) in [6.45, 7) is 4.75. The van der Waals surface area contributed by atoms with Crippen LogP contribution in [0.3, 0.4) is 0 Å². The lowest BCUT2D eigenvalue weighted by atomic mass is 9.51. The van der Waals surface area contributed by atoms with Crippen molar-refractivity contribution in [1.82, 2.24) is 0 Å². The summed E-state index contributed by atoms with van der Waals surface area (Å²) in [5.41, 5.74) is 22.9. The van der Waals surface area contributed by atoms with Crippen LogP contribution in [0.1, 0.15) is 69.5 Å². The summed E-state index contributed by atoms with van der Waals surface area (Å²) in [6, 6.07) is 93.3. The molecule has 1 nitrogen and oxygen atoms in total. The molecule has 0 atom stereocenters. The van der Waals surface area contributed by atoms with E-state index in [2.05, 4.69) is 267 Å². The maximum atomic E-state index is 2.51. The molecule has 0 radical (unpaired) electrons. The Bertz CT molecular complexity index is 3420. The second-order valence-corrected chi connectivity index (χ2v) is 18.7. The third kappa shape index (κ3) is 5.17. The van der Waals surface area contributed by atoms with Gasteiger partial charge in [0.2, 0.25) is 0 Å². The number of nitrogens with zero attached hydrogens (tertiary/aromatic N) is 1. The van der Waals surface area contributed by atoms with E-state index in [1.807, 2.05) is 0 Å². The van der Waals surface area contributed by atoms with Gasteiger partial charge in [-0.2, -0.15) is 0 Å². The van der Waals surface area contributed by atoms with Crippen molar-refractivity contribution in [1.29, 1.82) is 0 Å². The third-order valence-corrected chi connectivity index (χ3v) is 15.2. The van der Waals surface area contributed by atoms with Crippen LogP contribution in [0.4, 0.5) is 17.1 Å². The highest BCUT2D eigenvalue weighted by atomic mass is 15.1. The van der Waals surface area contributed by atoms with Crippen LogP contribution in [0.2, 0.25) is 0 Å². The topological polar surface area (TPSA) is 3.24 Å². The highest BCUT2D eigenvalue weighted by Gasteiger charge is 2.56. The van der Waals surface area contributed by atoms with Gasteiger partial charge in [0.1, 0.15) is 0 Å². The van der Waals surface area contributed by atoms with Gasteiger partial charge >= 0.3 is 0 Å². The molecule has 13 rings (SSSR count). The van der Waals surface area contributed by atoms with Crippen LogP contribution in [0.15, 0.2) is 249 Å². The first-order chi connectivity index (χ1) is 32.5. The molecule has 0 aromatic heterocycles. The first-order valence-electron chi connectivity index (χ1n) is 23.3. The van der Waals surface area contributed by atoms with Crippen molar-refractivity contribution >= 4 is 17.1 Å². The summed E-state index contributed by atoms with van der Waals surface area (Å²) in [4.78, 5) is 2.51. The Kier molecular flexibility index (Phi) is 8.45. The number of rotatable bonds is 6. The van der Waals surface area contributed by atoms with Gasteiger partial charge in [0.05, 0.1) is 16.5 Å². The Morgan fingerprint density at radius 3 is 1.29 bits per heavy atom. The zero-order valence-electron chi connectivity index (χ0n) is 37.1. The van der Waals surface area contributed by atoms with Crippen LogP contribution < -0.4 is 4.90 Å². The van der Waals surface area contributed by atoms with Crippen LogP contribution in [0, 0.1) is 0 Å². The molecule has 1 spiro atoms. The zero-order valence-corrected chi connectivity index (χ0v) is 37.1. The molecule has 66 heavy (non-hydrogen) atoms.